The number of carbonyl (C=O) groups excluding carboxylic acids is 1. The fraction of sp³-hybridized carbons (Fsp3) is 0.0870. The molecule has 0 fully saturated rings. The molecule has 10 heteroatoms. The number of rotatable bonds is 6. The van der Waals surface area contributed by atoms with Gasteiger partial charge in [0.15, 0.2) is 0 Å². The monoisotopic (exact) mass is 465 g/mol. The fourth-order valence-electron chi connectivity index (χ4n) is 3.11. The fourth-order valence-corrected chi connectivity index (χ4v) is 3.30. The van der Waals surface area contributed by atoms with E-state index >= 15 is 0 Å². The summed E-state index contributed by atoms with van der Waals surface area (Å²) in [5, 5.41) is 7.00. The van der Waals surface area contributed by atoms with E-state index in [1.165, 1.54) is 30.3 Å². The van der Waals surface area contributed by atoms with E-state index in [1.54, 1.807) is 42.7 Å². The van der Waals surface area contributed by atoms with E-state index in [0.29, 0.717) is 10.6 Å². The maximum absolute atomic E-state index is 13.3. The molecule has 0 aliphatic heterocycles. The van der Waals surface area contributed by atoms with Crippen molar-refractivity contribution in [3.8, 4) is 5.69 Å². The average molecular weight is 466 g/mol. The van der Waals surface area contributed by atoms with Crippen molar-refractivity contribution in [3.63, 3.8) is 0 Å². The van der Waals surface area contributed by atoms with Gasteiger partial charge in [0.25, 0.3) is 11.5 Å². The van der Waals surface area contributed by atoms with Crippen molar-refractivity contribution in [2.45, 2.75) is 13.1 Å². The average Bonchev–Trinajstić information content (AvgIpc) is 2.82. The molecular weight excluding hydrogens is 449 g/mol. The van der Waals surface area contributed by atoms with Crippen molar-refractivity contribution in [3.05, 3.63) is 122 Å². The molecular formula is C23H17ClFN5O3. The zero-order valence-electron chi connectivity index (χ0n) is 17.1. The standard InChI is InChI=1S/C23H17ClFN5O3/c24-17-4-1-5-19(11-17)30-23(33)29(14-15-6-8-18(25)9-7-15)22(32)20(28-30)21(31)27-13-16-3-2-10-26-12-16/h1-12H,13-14H2,(H,27,31). The van der Waals surface area contributed by atoms with Gasteiger partial charge >= 0.3 is 5.69 Å². The summed E-state index contributed by atoms with van der Waals surface area (Å²) in [5.41, 5.74) is -0.606. The number of carbonyl (C=O) groups is 1. The Morgan fingerprint density at radius 2 is 1.82 bits per heavy atom. The summed E-state index contributed by atoms with van der Waals surface area (Å²) in [6.07, 6.45) is 3.18. The first-order valence-corrected chi connectivity index (χ1v) is 10.2. The minimum absolute atomic E-state index is 0.113. The summed E-state index contributed by atoms with van der Waals surface area (Å²) in [6.45, 7) is -0.0635. The van der Waals surface area contributed by atoms with Crippen molar-refractivity contribution < 1.29 is 9.18 Å². The van der Waals surface area contributed by atoms with Crippen LogP contribution in [0.3, 0.4) is 0 Å². The quantitative estimate of drug-likeness (QED) is 0.472. The third-order valence-corrected chi connectivity index (χ3v) is 4.99. The molecule has 0 spiro atoms. The Morgan fingerprint density at radius 1 is 1.03 bits per heavy atom. The largest absolute Gasteiger partial charge is 0.352 e. The molecule has 2 aromatic heterocycles. The number of nitrogens with one attached hydrogen (secondary N) is 1. The van der Waals surface area contributed by atoms with Crippen LogP contribution in [0.1, 0.15) is 21.6 Å². The van der Waals surface area contributed by atoms with Crippen LogP contribution in [0.5, 0.6) is 0 Å². The van der Waals surface area contributed by atoms with E-state index in [9.17, 15) is 18.8 Å². The lowest BCUT2D eigenvalue weighted by atomic mass is 10.2. The molecule has 4 rings (SSSR count). The molecule has 1 N–H and O–H groups in total. The van der Waals surface area contributed by atoms with Crippen molar-refractivity contribution in [1.29, 1.82) is 0 Å². The lowest BCUT2D eigenvalue weighted by molar-refractivity contribution is 0.0941. The van der Waals surface area contributed by atoms with Crippen LogP contribution < -0.4 is 16.6 Å². The lowest BCUT2D eigenvalue weighted by Crippen LogP contribution is -2.46. The number of nitrogens with zero attached hydrogens (tertiary/aromatic N) is 4. The summed E-state index contributed by atoms with van der Waals surface area (Å²) in [4.78, 5) is 43.0. The molecule has 0 unspecified atom stereocenters. The van der Waals surface area contributed by atoms with Gasteiger partial charge in [-0.15, -0.1) is 0 Å². The van der Waals surface area contributed by atoms with Gasteiger partial charge in [0.05, 0.1) is 12.2 Å². The van der Waals surface area contributed by atoms with Gasteiger partial charge in [-0.05, 0) is 47.5 Å². The molecule has 0 saturated heterocycles. The van der Waals surface area contributed by atoms with Gasteiger partial charge in [0, 0.05) is 24.0 Å². The Bertz CT molecular complexity index is 1420. The Labute approximate surface area is 191 Å². The van der Waals surface area contributed by atoms with Gasteiger partial charge in [0.1, 0.15) is 5.82 Å². The van der Waals surface area contributed by atoms with E-state index in [-0.39, 0.29) is 18.8 Å². The van der Waals surface area contributed by atoms with Crippen LogP contribution >= 0.6 is 11.6 Å². The SMILES string of the molecule is O=C(NCc1cccnc1)c1nn(-c2cccc(Cl)c2)c(=O)n(Cc2ccc(F)cc2)c1=O. The Hall–Kier alpha value is -4.11. The molecule has 2 aromatic carbocycles. The topological polar surface area (TPSA) is 98.9 Å². The summed E-state index contributed by atoms with van der Waals surface area (Å²) >= 11 is 6.05. The van der Waals surface area contributed by atoms with Crippen LogP contribution in [0, 0.1) is 5.82 Å². The highest BCUT2D eigenvalue weighted by Gasteiger charge is 2.20. The molecule has 2 heterocycles. The Kier molecular flexibility index (Phi) is 6.41. The van der Waals surface area contributed by atoms with Gasteiger partial charge in [-0.25, -0.2) is 9.18 Å². The van der Waals surface area contributed by atoms with Crippen molar-refractivity contribution in [2.24, 2.45) is 0 Å². The van der Waals surface area contributed by atoms with Gasteiger partial charge in [-0.3, -0.25) is 19.1 Å². The van der Waals surface area contributed by atoms with Crippen molar-refractivity contribution in [2.75, 3.05) is 0 Å². The summed E-state index contributed by atoms with van der Waals surface area (Å²) < 4.78 is 15.1. The Morgan fingerprint density at radius 3 is 2.52 bits per heavy atom. The number of amides is 1. The molecule has 0 aliphatic rings. The normalized spacial score (nSPS) is 10.7. The predicted molar refractivity (Wildman–Crippen MR) is 120 cm³/mol. The molecule has 1 amide bonds. The third kappa shape index (κ3) is 5.04. The number of halogens is 2. The van der Waals surface area contributed by atoms with Gasteiger partial charge in [-0.1, -0.05) is 35.9 Å². The molecule has 0 radical (unpaired) electrons. The molecule has 4 aromatic rings. The number of hydrogen-bond donors (Lipinski definition) is 1. The molecule has 0 bridgehead atoms. The molecule has 166 valence electrons. The summed E-state index contributed by atoms with van der Waals surface area (Å²) in [6, 6.07) is 15.1. The van der Waals surface area contributed by atoms with E-state index < -0.39 is 28.7 Å². The van der Waals surface area contributed by atoms with Crippen LogP contribution in [0.25, 0.3) is 5.69 Å². The second-order valence-electron chi connectivity index (χ2n) is 7.08. The molecule has 33 heavy (non-hydrogen) atoms. The highest BCUT2D eigenvalue weighted by atomic mass is 35.5. The molecule has 0 atom stereocenters. The van der Waals surface area contributed by atoms with Gasteiger partial charge < -0.3 is 5.32 Å². The van der Waals surface area contributed by atoms with Gasteiger partial charge in [0.2, 0.25) is 5.69 Å². The maximum Gasteiger partial charge on any atom is 0.352 e. The zero-order chi connectivity index (χ0) is 23.4. The van der Waals surface area contributed by atoms with E-state index in [0.717, 1.165) is 14.8 Å². The lowest BCUT2D eigenvalue weighted by Gasteiger charge is -2.12. The second kappa shape index (κ2) is 9.58. The van der Waals surface area contributed by atoms with E-state index in [4.69, 9.17) is 11.6 Å². The van der Waals surface area contributed by atoms with Crippen LogP contribution in [-0.2, 0) is 13.1 Å². The summed E-state index contributed by atoms with van der Waals surface area (Å²) in [5.74, 6) is -1.21. The number of hydrogen-bond acceptors (Lipinski definition) is 5. The Balaban J connectivity index is 1.78. The van der Waals surface area contributed by atoms with Crippen LogP contribution in [0.4, 0.5) is 4.39 Å². The van der Waals surface area contributed by atoms with E-state index in [1.807, 2.05) is 0 Å². The molecule has 0 saturated carbocycles. The molecule has 0 aliphatic carbocycles. The minimum atomic E-state index is -0.869. The first kappa shape index (κ1) is 22.1. The maximum atomic E-state index is 13.3. The summed E-state index contributed by atoms with van der Waals surface area (Å²) in [7, 11) is 0. The van der Waals surface area contributed by atoms with E-state index in [2.05, 4.69) is 15.4 Å². The first-order valence-electron chi connectivity index (χ1n) is 9.84. The minimum Gasteiger partial charge on any atom is -0.346 e. The number of aromatic nitrogens is 4. The van der Waals surface area contributed by atoms with Crippen molar-refractivity contribution in [1.82, 2.24) is 24.6 Å². The third-order valence-electron chi connectivity index (χ3n) is 4.76. The van der Waals surface area contributed by atoms with Crippen LogP contribution in [-0.4, -0.2) is 25.2 Å². The first-order chi connectivity index (χ1) is 15.9. The zero-order valence-corrected chi connectivity index (χ0v) is 17.9. The van der Waals surface area contributed by atoms with Crippen LogP contribution in [0.15, 0.2) is 82.6 Å². The van der Waals surface area contributed by atoms with Gasteiger partial charge in [-0.2, -0.15) is 9.78 Å². The highest BCUT2D eigenvalue weighted by Crippen LogP contribution is 2.12. The van der Waals surface area contributed by atoms with Crippen LogP contribution in [0.2, 0.25) is 5.02 Å². The number of pyridine rings is 1. The number of benzene rings is 2. The smallest absolute Gasteiger partial charge is 0.346 e. The second-order valence-corrected chi connectivity index (χ2v) is 7.52. The molecule has 8 nitrogen and oxygen atoms in total. The van der Waals surface area contributed by atoms with Crippen molar-refractivity contribution >= 4 is 17.5 Å². The predicted octanol–water partition coefficient (Wildman–Crippen LogP) is 2.56. The highest BCUT2D eigenvalue weighted by molar-refractivity contribution is 6.30.